The van der Waals surface area contributed by atoms with E-state index in [0.29, 0.717) is 37.3 Å². The number of piperazine rings is 1. The molecule has 2 saturated heterocycles. The first-order valence-electron chi connectivity index (χ1n) is 10.6. The maximum atomic E-state index is 13.8. The molecule has 2 aromatic rings. The van der Waals surface area contributed by atoms with Gasteiger partial charge in [0.2, 0.25) is 5.91 Å². The van der Waals surface area contributed by atoms with Crippen molar-refractivity contribution < 1.29 is 14.0 Å². The molecule has 2 aliphatic rings. The van der Waals surface area contributed by atoms with E-state index in [-0.39, 0.29) is 23.7 Å². The lowest BCUT2D eigenvalue weighted by atomic mass is 10.1. The molecule has 1 atom stereocenters. The third-order valence-electron chi connectivity index (χ3n) is 6.24. The van der Waals surface area contributed by atoms with Crippen LogP contribution < -0.4 is 0 Å². The fourth-order valence-electron chi connectivity index (χ4n) is 4.34. The molecular formula is C24H28FN3O2. The van der Waals surface area contributed by atoms with Crippen LogP contribution in [0.2, 0.25) is 0 Å². The number of benzene rings is 2. The molecule has 0 saturated carbocycles. The van der Waals surface area contributed by atoms with E-state index in [1.54, 1.807) is 24.0 Å². The second kappa shape index (κ2) is 8.96. The highest BCUT2D eigenvalue weighted by atomic mass is 19.1. The molecule has 2 aliphatic heterocycles. The fourth-order valence-corrected chi connectivity index (χ4v) is 4.34. The van der Waals surface area contributed by atoms with Crippen LogP contribution in [0.5, 0.6) is 0 Å². The van der Waals surface area contributed by atoms with Crippen LogP contribution in [0.4, 0.5) is 4.39 Å². The molecule has 0 spiro atoms. The number of rotatable bonds is 5. The summed E-state index contributed by atoms with van der Waals surface area (Å²) in [5, 5.41) is 0. The summed E-state index contributed by atoms with van der Waals surface area (Å²) >= 11 is 0. The maximum absolute atomic E-state index is 13.8. The van der Waals surface area contributed by atoms with Crippen molar-refractivity contribution in [1.82, 2.24) is 14.7 Å². The van der Waals surface area contributed by atoms with Crippen LogP contribution in [0, 0.1) is 12.7 Å². The third-order valence-corrected chi connectivity index (χ3v) is 6.24. The Morgan fingerprint density at radius 1 is 1.03 bits per heavy atom. The van der Waals surface area contributed by atoms with Crippen molar-refractivity contribution in [3.63, 3.8) is 0 Å². The molecule has 0 radical (unpaired) electrons. The van der Waals surface area contributed by atoms with Gasteiger partial charge in [0.1, 0.15) is 5.82 Å². The van der Waals surface area contributed by atoms with Gasteiger partial charge >= 0.3 is 0 Å². The van der Waals surface area contributed by atoms with E-state index in [2.05, 4.69) is 17.0 Å². The van der Waals surface area contributed by atoms with Gasteiger partial charge in [0.25, 0.3) is 5.91 Å². The zero-order valence-electron chi connectivity index (χ0n) is 17.4. The number of likely N-dealkylation sites (tertiary alicyclic amines) is 1. The lowest BCUT2D eigenvalue weighted by Crippen LogP contribution is -2.53. The number of carbonyl (C=O) groups is 2. The smallest absolute Gasteiger partial charge is 0.254 e. The summed E-state index contributed by atoms with van der Waals surface area (Å²) in [5.41, 5.74) is 2.16. The minimum absolute atomic E-state index is 0.0881. The molecule has 2 heterocycles. The van der Waals surface area contributed by atoms with Crippen molar-refractivity contribution in [2.75, 3.05) is 39.3 Å². The standard InChI is InChI=1S/C24H28FN3O2/c1-18-7-8-20(17-21(18)25)23(29)28-15-13-26(14-16-28)22-10-12-27(24(22)30)11-9-19-5-3-2-4-6-19/h2-8,17,22H,9-16H2,1H3. The van der Waals surface area contributed by atoms with Crippen molar-refractivity contribution in [1.29, 1.82) is 0 Å². The van der Waals surface area contributed by atoms with E-state index in [9.17, 15) is 14.0 Å². The number of nitrogens with zero attached hydrogens (tertiary/aromatic N) is 3. The zero-order valence-corrected chi connectivity index (χ0v) is 17.4. The number of halogens is 1. The topological polar surface area (TPSA) is 43.9 Å². The molecule has 4 rings (SSSR count). The normalized spacial score (nSPS) is 20.1. The summed E-state index contributed by atoms with van der Waals surface area (Å²) in [6, 6.07) is 14.8. The highest BCUT2D eigenvalue weighted by Gasteiger charge is 2.37. The molecule has 0 aliphatic carbocycles. The summed E-state index contributed by atoms with van der Waals surface area (Å²) in [7, 11) is 0. The van der Waals surface area contributed by atoms with E-state index < -0.39 is 0 Å². The molecule has 2 fully saturated rings. The molecule has 2 aromatic carbocycles. The molecule has 2 amide bonds. The van der Waals surface area contributed by atoms with Gasteiger partial charge in [-0.15, -0.1) is 0 Å². The summed E-state index contributed by atoms with van der Waals surface area (Å²) in [6.45, 7) is 5.68. The summed E-state index contributed by atoms with van der Waals surface area (Å²) in [6.07, 6.45) is 1.71. The van der Waals surface area contributed by atoms with Crippen LogP contribution in [-0.2, 0) is 11.2 Å². The molecule has 0 bridgehead atoms. The van der Waals surface area contributed by atoms with Gasteiger partial charge in [-0.2, -0.15) is 0 Å². The molecular weight excluding hydrogens is 381 g/mol. The van der Waals surface area contributed by atoms with Crippen LogP contribution in [0.25, 0.3) is 0 Å². The SMILES string of the molecule is Cc1ccc(C(=O)N2CCN(C3CCN(CCc4ccccc4)C3=O)CC2)cc1F. The predicted octanol–water partition coefficient (Wildman–Crippen LogP) is 2.74. The number of hydrogen-bond donors (Lipinski definition) is 0. The third kappa shape index (κ3) is 4.38. The van der Waals surface area contributed by atoms with Gasteiger partial charge in [-0.1, -0.05) is 36.4 Å². The highest BCUT2D eigenvalue weighted by molar-refractivity contribution is 5.94. The molecule has 0 N–H and O–H groups in total. The van der Waals surface area contributed by atoms with Gasteiger partial charge in [-0.3, -0.25) is 14.5 Å². The van der Waals surface area contributed by atoms with Gasteiger partial charge in [-0.25, -0.2) is 4.39 Å². The summed E-state index contributed by atoms with van der Waals surface area (Å²) < 4.78 is 13.8. The Bertz CT molecular complexity index is 910. The van der Waals surface area contributed by atoms with Crippen LogP contribution in [0.1, 0.15) is 27.9 Å². The number of amides is 2. The van der Waals surface area contributed by atoms with Crippen LogP contribution in [0.3, 0.4) is 0 Å². The molecule has 30 heavy (non-hydrogen) atoms. The lowest BCUT2D eigenvalue weighted by molar-refractivity contribution is -0.132. The van der Waals surface area contributed by atoms with Crippen LogP contribution in [0.15, 0.2) is 48.5 Å². The van der Waals surface area contributed by atoms with E-state index in [0.717, 1.165) is 25.9 Å². The Labute approximate surface area is 177 Å². The minimum atomic E-state index is -0.355. The first kappa shape index (κ1) is 20.5. The molecule has 5 nitrogen and oxygen atoms in total. The fraction of sp³-hybridized carbons (Fsp3) is 0.417. The number of hydrogen-bond acceptors (Lipinski definition) is 3. The maximum Gasteiger partial charge on any atom is 0.254 e. The number of carbonyl (C=O) groups excluding carboxylic acids is 2. The first-order chi connectivity index (χ1) is 14.5. The van der Waals surface area contributed by atoms with E-state index in [1.807, 2.05) is 23.1 Å². The Kier molecular flexibility index (Phi) is 6.13. The molecule has 158 valence electrons. The Hall–Kier alpha value is -2.73. The summed E-state index contributed by atoms with van der Waals surface area (Å²) in [4.78, 5) is 31.5. The summed E-state index contributed by atoms with van der Waals surface area (Å²) in [5.74, 6) is -0.297. The highest BCUT2D eigenvalue weighted by Crippen LogP contribution is 2.21. The van der Waals surface area contributed by atoms with Crippen molar-refractivity contribution in [3.8, 4) is 0 Å². The van der Waals surface area contributed by atoms with Crippen molar-refractivity contribution >= 4 is 11.8 Å². The van der Waals surface area contributed by atoms with Gasteiger partial charge in [0.15, 0.2) is 0 Å². The largest absolute Gasteiger partial charge is 0.341 e. The number of aryl methyl sites for hydroxylation is 1. The quantitative estimate of drug-likeness (QED) is 0.763. The second-order valence-electron chi connectivity index (χ2n) is 8.16. The molecule has 6 heteroatoms. The monoisotopic (exact) mass is 409 g/mol. The van der Waals surface area contributed by atoms with Crippen molar-refractivity contribution in [3.05, 3.63) is 71.0 Å². The van der Waals surface area contributed by atoms with Gasteiger partial charge in [0, 0.05) is 44.8 Å². The Balaban J connectivity index is 1.29. The average Bonchev–Trinajstić information content (AvgIpc) is 3.15. The van der Waals surface area contributed by atoms with Gasteiger partial charge in [0.05, 0.1) is 6.04 Å². The van der Waals surface area contributed by atoms with Crippen LogP contribution in [-0.4, -0.2) is 71.8 Å². The van der Waals surface area contributed by atoms with E-state index in [4.69, 9.17) is 0 Å². The van der Waals surface area contributed by atoms with Gasteiger partial charge in [-0.05, 0) is 43.0 Å². The molecule has 0 aromatic heterocycles. The first-order valence-corrected chi connectivity index (χ1v) is 10.6. The predicted molar refractivity (Wildman–Crippen MR) is 114 cm³/mol. The zero-order chi connectivity index (χ0) is 21.1. The van der Waals surface area contributed by atoms with E-state index in [1.165, 1.54) is 11.6 Å². The van der Waals surface area contributed by atoms with E-state index >= 15 is 0 Å². The average molecular weight is 410 g/mol. The van der Waals surface area contributed by atoms with Crippen molar-refractivity contribution in [2.24, 2.45) is 0 Å². The van der Waals surface area contributed by atoms with Crippen LogP contribution >= 0.6 is 0 Å². The Morgan fingerprint density at radius 3 is 2.47 bits per heavy atom. The molecule has 1 unspecified atom stereocenters. The second-order valence-corrected chi connectivity index (χ2v) is 8.16. The van der Waals surface area contributed by atoms with Gasteiger partial charge < -0.3 is 9.80 Å². The lowest BCUT2D eigenvalue weighted by Gasteiger charge is -2.37. The Morgan fingerprint density at radius 2 is 1.77 bits per heavy atom. The van der Waals surface area contributed by atoms with Crippen molar-refractivity contribution in [2.45, 2.75) is 25.8 Å². The minimum Gasteiger partial charge on any atom is -0.341 e.